The van der Waals surface area contributed by atoms with Crippen LogP contribution in [0.15, 0.2) is 27.2 Å². The Kier molecular flexibility index (Phi) is 2.67. The molecule has 1 heterocycles. The first kappa shape index (κ1) is 10.4. The van der Waals surface area contributed by atoms with Crippen LogP contribution in [0, 0.1) is 5.82 Å². The first-order chi connectivity index (χ1) is 7.09. The number of nitrogens with two attached hydrogens (primary N) is 1. The normalized spacial score (nSPS) is 10.6. The summed E-state index contributed by atoms with van der Waals surface area (Å²) in [4.78, 5) is 0. The van der Waals surface area contributed by atoms with Gasteiger partial charge in [-0.2, -0.15) is 0 Å². The topological polar surface area (TPSA) is 52.0 Å². The van der Waals surface area contributed by atoms with E-state index in [9.17, 15) is 4.39 Å². The van der Waals surface area contributed by atoms with Gasteiger partial charge < -0.3 is 10.3 Å². The lowest BCUT2D eigenvalue weighted by Gasteiger charge is -2.03. The van der Waals surface area contributed by atoms with Gasteiger partial charge in [0.25, 0.3) is 0 Å². The molecule has 0 fully saturated rings. The molecule has 1 aromatic carbocycles. The van der Waals surface area contributed by atoms with Gasteiger partial charge in [0.1, 0.15) is 11.5 Å². The zero-order chi connectivity index (χ0) is 11.0. The van der Waals surface area contributed by atoms with Crippen LogP contribution in [0.2, 0.25) is 5.02 Å². The molecular formula is C9H5BrClFN2O. The van der Waals surface area contributed by atoms with Crippen molar-refractivity contribution in [1.29, 1.82) is 0 Å². The maximum atomic E-state index is 13.5. The minimum Gasteiger partial charge on any atom is -0.368 e. The first-order valence-corrected chi connectivity index (χ1v) is 5.12. The van der Waals surface area contributed by atoms with Crippen LogP contribution in [0.1, 0.15) is 0 Å². The Morgan fingerprint density at radius 3 is 2.80 bits per heavy atom. The van der Waals surface area contributed by atoms with Crippen LogP contribution in [0.5, 0.6) is 0 Å². The molecule has 0 unspecified atom stereocenters. The SMILES string of the molecule is Nc1cc(-c2c(F)ccc(Cl)c2Br)no1. The van der Waals surface area contributed by atoms with Gasteiger partial charge in [0, 0.05) is 10.5 Å². The number of halogens is 3. The highest BCUT2D eigenvalue weighted by atomic mass is 79.9. The number of anilines is 1. The molecule has 0 aliphatic rings. The quantitative estimate of drug-likeness (QED) is 0.818. The van der Waals surface area contributed by atoms with Crippen molar-refractivity contribution in [2.75, 3.05) is 5.73 Å². The largest absolute Gasteiger partial charge is 0.368 e. The molecule has 2 rings (SSSR count). The summed E-state index contributed by atoms with van der Waals surface area (Å²) >= 11 is 9.02. The third-order valence-electron chi connectivity index (χ3n) is 1.83. The summed E-state index contributed by atoms with van der Waals surface area (Å²) < 4.78 is 18.6. The fourth-order valence-corrected chi connectivity index (χ4v) is 1.85. The molecule has 2 aromatic rings. The van der Waals surface area contributed by atoms with E-state index in [0.29, 0.717) is 15.2 Å². The van der Waals surface area contributed by atoms with Crippen molar-refractivity contribution in [3.63, 3.8) is 0 Å². The number of hydrogen-bond donors (Lipinski definition) is 1. The van der Waals surface area contributed by atoms with Gasteiger partial charge in [-0.3, -0.25) is 0 Å². The molecule has 6 heteroatoms. The van der Waals surface area contributed by atoms with Gasteiger partial charge in [-0.25, -0.2) is 4.39 Å². The Labute approximate surface area is 98.1 Å². The summed E-state index contributed by atoms with van der Waals surface area (Å²) in [6.07, 6.45) is 0. The van der Waals surface area contributed by atoms with E-state index in [2.05, 4.69) is 25.6 Å². The molecule has 15 heavy (non-hydrogen) atoms. The zero-order valence-electron chi connectivity index (χ0n) is 7.30. The number of aromatic nitrogens is 1. The summed E-state index contributed by atoms with van der Waals surface area (Å²) in [5.41, 5.74) is 5.90. The Morgan fingerprint density at radius 2 is 2.20 bits per heavy atom. The average molecular weight is 292 g/mol. The van der Waals surface area contributed by atoms with Crippen molar-refractivity contribution in [3.05, 3.63) is 33.5 Å². The summed E-state index contributed by atoms with van der Waals surface area (Å²) in [6.45, 7) is 0. The van der Waals surface area contributed by atoms with Gasteiger partial charge in [0.2, 0.25) is 5.88 Å². The molecule has 78 valence electrons. The van der Waals surface area contributed by atoms with Gasteiger partial charge in [-0.05, 0) is 28.1 Å². The van der Waals surface area contributed by atoms with E-state index in [0.717, 1.165) is 0 Å². The predicted molar refractivity (Wildman–Crippen MR) is 59.0 cm³/mol. The molecule has 0 saturated heterocycles. The second-order valence-corrected chi connectivity index (χ2v) is 4.03. The number of rotatable bonds is 1. The summed E-state index contributed by atoms with van der Waals surface area (Å²) in [7, 11) is 0. The monoisotopic (exact) mass is 290 g/mol. The highest BCUT2D eigenvalue weighted by Crippen LogP contribution is 2.35. The smallest absolute Gasteiger partial charge is 0.222 e. The standard InChI is InChI=1S/C9H5BrClFN2O/c10-9-4(11)1-2-5(12)8(9)6-3-7(13)15-14-6/h1-3H,13H2. The second-order valence-electron chi connectivity index (χ2n) is 2.83. The van der Waals surface area contributed by atoms with E-state index in [4.69, 9.17) is 17.3 Å². The minimum absolute atomic E-state index is 0.122. The maximum Gasteiger partial charge on any atom is 0.222 e. The fourth-order valence-electron chi connectivity index (χ4n) is 1.17. The van der Waals surface area contributed by atoms with Crippen molar-refractivity contribution in [3.8, 4) is 11.3 Å². The molecule has 0 aliphatic carbocycles. The molecule has 0 saturated carbocycles. The molecule has 1 aromatic heterocycles. The fraction of sp³-hybridized carbons (Fsp3) is 0. The summed E-state index contributed by atoms with van der Waals surface area (Å²) in [5, 5.41) is 4.02. The number of hydrogen-bond acceptors (Lipinski definition) is 3. The molecule has 0 spiro atoms. The van der Waals surface area contributed by atoms with Gasteiger partial charge in [-0.15, -0.1) is 0 Å². The van der Waals surface area contributed by atoms with Crippen LogP contribution >= 0.6 is 27.5 Å². The van der Waals surface area contributed by atoms with Crippen LogP contribution in [0.3, 0.4) is 0 Å². The molecule has 3 nitrogen and oxygen atoms in total. The number of nitrogen functional groups attached to an aromatic ring is 1. The lowest BCUT2D eigenvalue weighted by atomic mass is 10.1. The summed E-state index contributed by atoms with van der Waals surface area (Å²) in [5.74, 6) is -0.323. The van der Waals surface area contributed by atoms with E-state index in [1.54, 1.807) is 0 Å². The molecule has 0 amide bonds. The van der Waals surface area contributed by atoms with Gasteiger partial charge in [0.15, 0.2) is 0 Å². The van der Waals surface area contributed by atoms with Gasteiger partial charge >= 0.3 is 0 Å². The zero-order valence-corrected chi connectivity index (χ0v) is 9.64. The molecular weight excluding hydrogens is 286 g/mol. The lowest BCUT2D eigenvalue weighted by molar-refractivity contribution is 0.438. The molecule has 0 bridgehead atoms. The molecule has 0 atom stereocenters. The van der Waals surface area contributed by atoms with Crippen molar-refractivity contribution in [1.82, 2.24) is 5.16 Å². The van der Waals surface area contributed by atoms with E-state index in [1.807, 2.05) is 0 Å². The van der Waals surface area contributed by atoms with Crippen molar-refractivity contribution < 1.29 is 8.91 Å². The second kappa shape index (κ2) is 3.83. The van der Waals surface area contributed by atoms with E-state index in [1.165, 1.54) is 18.2 Å². The first-order valence-electron chi connectivity index (χ1n) is 3.95. The van der Waals surface area contributed by atoms with E-state index in [-0.39, 0.29) is 11.4 Å². The number of benzene rings is 1. The Balaban J connectivity index is 2.66. The van der Waals surface area contributed by atoms with Gasteiger partial charge in [0.05, 0.1) is 10.6 Å². The van der Waals surface area contributed by atoms with Crippen LogP contribution < -0.4 is 5.73 Å². The van der Waals surface area contributed by atoms with Crippen molar-refractivity contribution >= 4 is 33.4 Å². The Bertz CT molecular complexity index is 515. The van der Waals surface area contributed by atoms with Gasteiger partial charge in [-0.1, -0.05) is 16.8 Å². The van der Waals surface area contributed by atoms with Crippen LogP contribution in [-0.2, 0) is 0 Å². The van der Waals surface area contributed by atoms with Crippen LogP contribution in [0.25, 0.3) is 11.3 Å². The minimum atomic E-state index is -0.445. The predicted octanol–water partition coefficient (Wildman–Crippen LogP) is 3.48. The number of nitrogens with zero attached hydrogens (tertiary/aromatic N) is 1. The van der Waals surface area contributed by atoms with Crippen LogP contribution in [-0.4, -0.2) is 5.16 Å². The van der Waals surface area contributed by atoms with E-state index >= 15 is 0 Å². The van der Waals surface area contributed by atoms with Crippen molar-refractivity contribution in [2.24, 2.45) is 0 Å². The summed E-state index contributed by atoms with van der Waals surface area (Å²) in [6, 6.07) is 4.14. The van der Waals surface area contributed by atoms with E-state index < -0.39 is 5.82 Å². The van der Waals surface area contributed by atoms with Crippen molar-refractivity contribution in [2.45, 2.75) is 0 Å². The van der Waals surface area contributed by atoms with Crippen LogP contribution in [0.4, 0.5) is 10.3 Å². The third-order valence-corrected chi connectivity index (χ3v) is 3.20. The lowest BCUT2D eigenvalue weighted by Crippen LogP contribution is -1.87. The average Bonchev–Trinajstić information content (AvgIpc) is 2.59. The molecule has 2 N–H and O–H groups in total. The maximum absolute atomic E-state index is 13.5. The Hall–Kier alpha value is -1.07. The highest BCUT2D eigenvalue weighted by molar-refractivity contribution is 9.10. The Morgan fingerprint density at radius 1 is 1.47 bits per heavy atom. The molecule has 0 radical (unpaired) electrons. The molecule has 0 aliphatic heterocycles. The highest BCUT2D eigenvalue weighted by Gasteiger charge is 2.15. The third kappa shape index (κ3) is 1.85.